The fraction of sp³-hybridized carbons (Fsp3) is 0.692. The second-order valence-electron chi connectivity index (χ2n) is 4.77. The molecule has 0 aliphatic heterocycles. The molecule has 0 aliphatic carbocycles. The summed E-state index contributed by atoms with van der Waals surface area (Å²) in [6, 6.07) is 0.320. The maximum absolute atomic E-state index is 5.40. The molecular weight excluding hydrogens is 242 g/mol. The van der Waals surface area contributed by atoms with Crippen molar-refractivity contribution in [3.8, 4) is 5.75 Å². The van der Waals surface area contributed by atoms with Crippen LogP contribution in [0.3, 0.4) is 0 Å². The van der Waals surface area contributed by atoms with Crippen LogP contribution in [0.1, 0.15) is 20.3 Å². The van der Waals surface area contributed by atoms with Crippen LogP contribution in [0, 0.1) is 0 Å². The minimum Gasteiger partial charge on any atom is -0.490 e. The molecule has 0 aromatic carbocycles. The average Bonchev–Trinajstić information content (AvgIpc) is 2.37. The summed E-state index contributed by atoms with van der Waals surface area (Å²) in [6.45, 7) is 5.98. The molecule has 1 atom stereocenters. The Morgan fingerprint density at radius 3 is 2.58 bits per heavy atom. The molecule has 0 fully saturated rings. The van der Waals surface area contributed by atoms with E-state index in [1.54, 1.807) is 13.4 Å². The monoisotopic (exact) mass is 267 g/mol. The smallest absolute Gasteiger partial charge is 0.204 e. The number of methoxy groups -OCH3 is 1. The van der Waals surface area contributed by atoms with Crippen molar-refractivity contribution in [2.75, 3.05) is 44.9 Å². The van der Waals surface area contributed by atoms with Gasteiger partial charge in [-0.15, -0.1) is 0 Å². The Morgan fingerprint density at radius 2 is 2.00 bits per heavy atom. The van der Waals surface area contributed by atoms with Gasteiger partial charge in [0.15, 0.2) is 11.6 Å². The highest BCUT2D eigenvalue weighted by Crippen LogP contribution is 2.29. The predicted molar refractivity (Wildman–Crippen MR) is 79.0 cm³/mol. The van der Waals surface area contributed by atoms with Crippen molar-refractivity contribution >= 4 is 11.6 Å². The van der Waals surface area contributed by atoms with Crippen molar-refractivity contribution < 1.29 is 4.74 Å². The summed E-state index contributed by atoms with van der Waals surface area (Å²) < 4.78 is 5.40. The number of nitrogens with zero attached hydrogens (tertiary/aromatic N) is 3. The van der Waals surface area contributed by atoms with Crippen LogP contribution in [0.2, 0.25) is 0 Å². The molecule has 1 aromatic heterocycles. The lowest BCUT2D eigenvalue weighted by molar-refractivity contribution is 0.388. The van der Waals surface area contributed by atoms with Crippen molar-refractivity contribution in [2.45, 2.75) is 26.3 Å². The Balaban J connectivity index is 2.73. The van der Waals surface area contributed by atoms with Gasteiger partial charge >= 0.3 is 0 Å². The van der Waals surface area contributed by atoms with Gasteiger partial charge in [-0.25, -0.2) is 9.97 Å². The lowest BCUT2D eigenvalue weighted by Crippen LogP contribution is -2.23. The maximum atomic E-state index is 5.40. The molecule has 0 amide bonds. The molecule has 6 heteroatoms. The first kappa shape index (κ1) is 15.5. The van der Waals surface area contributed by atoms with Gasteiger partial charge in [0, 0.05) is 12.6 Å². The molecule has 0 aliphatic rings. The first-order valence-electron chi connectivity index (χ1n) is 6.62. The molecule has 0 saturated heterocycles. The highest BCUT2D eigenvalue weighted by molar-refractivity contribution is 5.63. The Bertz CT molecular complexity index is 383. The summed E-state index contributed by atoms with van der Waals surface area (Å²) in [5, 5.41) is 6.54. The molecule has 1 heterocycles. The number of hydrogen-bond donors (Lipinski definition) is 2. The van der Waals surface area contributed by atoms with E-state index in [1.165, 1.54) is 0 Å². The predicted octanol–water partition coefficient (Wildman–Crippen LogP) is 1.67. The van der Waals surface area contributed by atoms with Gasteiger partial charge in [0.25, 0.3) is 0 Å². The van der Waals surface area contributed by atoms with E-state index in [2.05, 4.69) is 46.5 Å². The number of hydrogen-bond acceptors (Lipinski definition) is 6. The number of ether oxygens (including phenoxy) is 1. The van der Waals surface area contributed by atoms with Crippen LogP contribution in [-0.2, 0) is 0 Å². The van der Waals surface area contributed by atoms with Crippen LogP contribution in [0.5, 0.6) is 5.75 Å². The highest BCUT2D eigenvalue weighted by Gasteiger charge is 2.13. The van der Waals surface area contributed by atoms with Crippen LogP contribution >= 0.6 is 0 Å². The zero-order valence-electron chi connectivity index (χ0n) is 12.5. The summed E-state index contributed by atoms with van der Waals surface area (Å²) in [5.74, 6) is 2.13. The number of nitrogens with one attached hydrogen (secondary N) is 2. The first-order valence-corrected chi connectivity index (χ1v) is 6.62. The summed E-state index contributed by atoms with van der Waals surface area (Å²) in [7, 11) is 5.78. The minimum absolute atomic E-state index is 0.320. The maximum Gasteiger partial charge on any atom is 0.204 e. The van der Waals surface area contributed by atoms with Gasteiger partial charge in [-0.1, -0.05) is 0 Å². The van der Waals surface area contributed by atoms with Crippen molar-refractivity contribution in [2.24, 2.45) is 0 Å². The molecule has 19 heavy (non-hydrogen) atoms. The Morgan fingerprint density at radius 1 is 1.32 bits per heavy atom. The van der Waals surface area contributed by atoms with Gasteiger partial charge in [-0.2, -0.15) is 0 Å². The largest absolute Gasteiger partial charge is 0.490 e. The number of rotatable bonds is 8. The van der Waals surface area contributed by atoms with Crippen molar-refractivity contribution in [3.05, 3.63) is 6.33 Å². The van der Waals surface area contributed by atoms with E-state index in [1.807, 2.05) is 6.92 Å². The van der Waals surface area contributed by atoms with Gasteiger partial charge in [-0.05, 0) is 40.9 Å². The van der Waals surface area contributed by atoms with Crippen molar-refractivity contribution in [3.63, 3.8) is 0 Å². The third-order valence-corrected chi connectivity index (χ3v) is 2.74. The van der Waals surface area contributed by atoms with Gasteiger partial charge in [0.05, 0.1) is 7.11 Å². The van der Waals surface area contributed by atoms with E-state index >= 15 is 0 Å². The second kappa shape index (κ2) is 7.78. The summed E-state index contributed by atoms with van der Waals surface area (Å²) >= 11 is 0. The molecule has 6 nitrogen and oxygen atoms in total. The number of aromatic nitrogens is 2. The second-order valence-corrected chi connectivity index (χ2v) is 4.77. The van der Waals surface area contributed by atoms with Crippen LogP contribution in [0.25, 0.3) is 0 Å². The zero-order chi connectivity index (χ0) is 14.3. The zero-order valence-corrected chi connectivity index (χ0v) is 12.5. The Hall–Kier alpha value is -1.56. The van der Waals surface area contributed by atoms with Gasteiger partial charge < -0.3 is 20.3 Å². The Labute approximate surface area is 115 Å². The summed E-state index contributed by atoms with van der Waals surface area (Å²) in [5.41, 5.74) is 0. The van der Waals surface area contributed by atoms with Crippen molar-refractivity contribution in [1.29, 1.82) is 0 Å². The van der Waals surface area contributed by atoms with Crippen LogP contribution < -0.4 is 15.4 Å². The van der Waals surface area contributed by atoms with E-state index < -0.39 is 0 Å². The lowest BCUT2D eigenvalue weighted by Gasteiger charge is -2.19. The van der Waals surface area contributed by atoms with E-state index in [0.29, 0.717) is 11.8 Å². The molecule has 0 bridgehead atoms. The third-order valence-electron chi connectivity index (χ3n) is 2.74. The van der Waals surface area contributed by atoms with E-state index in [0.717, 1.165) is 31.1 Å². The fourth-order valence-corrected chi connectivity index (χ4v) is 1.72. The molecule has 1 rings (SSSR count). The van der Waals surface area contributed by atoms with E-state index in [-0.39, 0.29) is 0 Å². The topological polar surface area (TPSA) is 62.3 Å². The minimum atomic E-state index is 0.320. The van der Waals surface area contributed by atoms with Crippen LogP contribution in [-0.4, -0.2) is 55.2 Å². The molecule has 1 unspecified atom stereocenters. The molecule has 2 N–H and O–H groups in total. The molecule has 0 saturated carbocycles. The molecule has 0 radical (unpaired) electrons. The Kier molecular flexibility index (Phi) is 6.35. The lowest BCUT2D eigenvalue weighted by atomic mass is 10.2. The van der Waals surface area contributed by atoms with E-state index in [4.69, 9.17) is 4.74 Å². The first-order chi connectivity index (χ1) is 9.08. The van der Waals surface area contributed by atoms with Gasteiger partial charge in [0.2, 0.25) is 5.75 Å². The normalized spacial score (nSPS) is 12.3. The quantitative estimate of drug-likeness (QED) is 0.747. The summed E-state index contributed by atoms with van der Waals surface area (Å²) in [6.07, 6.45) is 2.58. The fourth-order valence-electron chi connectivity index (χ4n) is 1.72. The van der Waals surface area contributed by atoms with Gasteiger partial charge in [-0.3, -0.25) is 0 Å². The van der Waals surface area contributed by atoms with Crippen molar-refractivity contribution in [1.82, 2.24) is 14.9 Å². The SMILES string of the molecule is CCNc1ncnc(NC(C)CCN(C)C)c1OC. The highest BCUT2D eigenvalue weighted by atomic mass is 16.5. The number of anilines is 2. The third kappa shape index (κ3) is 4.90. The molecule has 1 aromatic rings. The van der Waals surface area contributed by atoms with E-state index in [9.17, 15) is 0 Å². The summed E-state index contributed by atoms with van der Waals surface area (Å²) in [4.78, 5) is 10.6. The van der Waals surface area contributed by atoms with Crippen LogP contribution in [0.15, 0.2) is 6.33 Å². The molecule has 108 valence electrons. The van der Waals surface area contributed by atoms with Gasteiger partial charge in [0.1, 0.15) is 6.33 Å². The molecular formula is C13H25N5O. The van der Waals surface area contributed by atoms with Crippen LogP contribution in [0.4, 0.5) is 11.6 Å². The molecule has 0 spiro atoms. The average molecular weight is 267 g/mol. The standard InChI is InChI=1S/C13H25N5O/c1-6-14-12-11(19-5)13(16-9-15-12)17-10(2)7-8-18(3)4/h9-10H,6-8H2,1-5H3,(H2,14,15,16,17).